The molecule has 0 unspecified atom stereocenters. The van der Waals surface area contributed by atoms with Crippen LogP contribution in [0.4, 0.5) is 11.5 Å². The molecule has 0 aliphatic carbocycles. The van der Waals surface area contributed by atoms with Crippen LogP contribution in [0.15, 0.2) is 28.9 Å². The van der Waals surface area contributed by atoms with Gasteiger partial charge in [0.1, 0.15) is 0 Å². The number of amides is 1. The largest absolute Gasteiger partial charge is 0.380 e. The number of carbonyl (C=O) groups excluding carboxylic acids is 1. The first-order chi connectivity index (χ1) is 8.70. The maximum absolute atomic E-state index is 11.8. The molecule has 7 heteroatoms. The van der Waals surface area contributed by atoms with E-state index in [-0.39, 0.29) is 11.5 Å². The molecule has 7 nitrogen and oxygen atoms in total. The summed E-state index contributed by atoms with van der Waals surface area (Å²) >= 11 is 0. The Morgan fingerprint density at radius 1 is 1.50 bits per heavy atom. The fourth-order valence-electron chi connectivity index (χ4n) is 1.45. The molecule has 1 amide bonds. The second-order valence-corrected chi connectivity index (χ2v) is 3.59. The van der Waals surface area contributed by atoms with E-state index < -0.39 is 5.91 Å². The van der Waals surface area contributed by atoms with Gasteiger partial charge >= 0.3 is 0 Å². The van der Waals surface area contributed by atoms with E-state index in [1.165, 1.54) is 0 Å². The van der Waals surface area contributed by atoms with E-state index in [4.69, 9.17) is 10.5 Å². The molecule has 3 N–H and O–H groups in total. The smallest absolute Gasteiger partial charge is 0.281 e. The van der Waals surface area contributed by atoms with Crippen molar-refractivity contribution in [2.75, 3.05) is 18.2 Å². The van der Waals surface area contributed by atoms with Crippen molar-refractivity contribution in [3.63, 3.8) is 0 Å². The predicted molar refractivity (Wildman–Crippen MR) is 63.8 cm³/mol. The Bertz CT molecular complexity index is 553. The standard InChI is InChI=1S/C11H12N4O3/c1-17-6-7-3-2-4-8(5-7)13-11(16)9-10(12)15-18-14-9/h2-5H,6H2,1H3,(H2,12,15)(H,13,16). The van der Waals surface area contributed by atoms with Crippen LogP contribution in [0.25, 0.3) is 0 Å². The lowest BCUT2D eigenvalue weighted by Crippen LogP contribution is -2.14. The predicted octanol–water partition coefficient (Wildman–Crippen LogP) is 1.05. The fourth-order valence-corrected chi connectivity index (χ4v) is 1.45. The van der Waals surface area contributed by atoms with Gasteiger partial charge in [-0.1, -0.05) is 12.1 Å². The van der Waals surface area contributed by atoms with Gasteiger partial charge in [0.2, 0.25) is 11.5 Å². The Labute approximate surface area is 103 Å². The van der Waals surface area contributed by atoms with Crippen LogP contribution in [0, 0.1) is 0 Å². The molecule has 1 aromatic carbocycles. The number of rotatable bonds is 4. The Hall–Kier alpha value is -2.41. The van der Waals surface area contributed by atoms with Gasteiger partial charge in [-0.25, -0.2) is 4.63 Å². The van der Waals surface area contributed by atoms with Crippen molar-refractivity contribution in [1.82, 2.24) is 10.3 Å². The van der Waals surface area contributed by atoms with Gasteiger partial charge in [-0.15, -0.1) is 0 Å². The number of nitrogen functional groups attached to an aromatic ring is 1. The third kappa shape index (κ3) is 2.64. The highest BCUT2D eigenvalue weighted by Gasteiger charge is 2.15. The highest BCUT2D eigenvalue weighted by atomic mass is 16.6. The van der Waals surface area contributed by atoms with Crippen LogP contribution in [0.2, 0.25) is 0 Å². The number of nitrogens with one attached hydrogen (secondary N) is 1. The average Bonchev–Trinajstić information content (AvgIpc) is 2.76. The van der Waals surface area contributed by atoms with E-state index in [0.29, 0.717) is 12.3 Å². The van der Waals surface area contributed by atoms with Crippen molar-refractivity contribution in [2.45, 2.75) is 6.61 Å². The summed E-state index contributed by atoms with van der Waals surface area (Å²) in [5.74, 6) is -0.510. The first-order valence-electron chi connectivity index (χ1n) is 5.18. The summed E-state index contributed by atoms with van der Waals surface area (Å²) in [6.45, 7) is 0.470. The van der Waals surface area contributed by atoms with Crippen LogP contribution >= 0.6 is 0 Å². The zero-order valence-electron chi connectivity index (χ0n) is 9.71. The number of benzene rings is 1. The topological polar surface area (TPSA) is 103 Å². The molecule has 94 valence electrons. The molecule has 0 saturated carbocycles. The summed E-state index contributed by atoms with van der Waals surface area (Å²) in [5, 5.41) is 9.41. The number of carbonyl (C=O) groups is 1. The lowest BCUT2D eigenvalue weighted by molar-refractivity contribution is 0.101. The fraction of sp³-hybridized carbons (Fsp3) is 0.182. The van der Waals surface area contributed by atoms with Gasteiger partial charge in [0.15, 0.2) is 0 Å². The summed E-state index contributed by atoms with van der Waals surface area (Å²) in [6, 6.07) is 7.26. The number of nitrogens with zero attached hydrogens (tertiary/aromatic N) is 2. The number of ether oxygens (including phenoxy) is 1. The van der Waals surface area contributed by atoms with Crippen molar-refractivity contribution < 1.29 is 14.2 Å². The summed E-state index contributed by atoms with van der Waals surface area (Å²) in [4.78, 5) is 11.8. The van der Waals surface area contributed by atoms with E-state index in [0.717, 1.165) is 5.56 Å². The number of anilines is 2. The highest BCUT2D eigenvalue weighted by molar-refractivity contribution is 6.05. The number of hydrogen-bond acceptors (Lipinski definition) is 6. The molecule has 0 aliphatic rings. The Kier molecular flexibility index (Phi) is 3.54. The summed E-state index contributed by atoms with van der Waals surface area (Å²) < 4.78 is 9.37. The second kappa shape index (κ2) is 5.28. The van der Waals surface area contributed by atoms with Crippen LogP contribution in [0.3, 0.4) is 0 Å². The van der Waals surface area contributed by atoms with E-state index in [1.807, 2.05) is 12.1 Å². The van der Waals surface area contributed by atoms with E-state index in [1.54, 1.807) is 19.2 Å². The maximum Gasteiger partial charge on any atom is 0.281 e. The molecular formula is C11H12N4O3. The van der Waals surface area contributed by atoms with Crippen molar-refractivity contribution in [2.24, 2.45) is 0 Å². The molecule has 0 aliphatic heterocycles. The third-order valence-electron chi connectivity index (χ3n) is 2.22. The van der Waals surface area contributed by atoms with E-state index in [2.05, 4.69) is 20.3 Å². The van der Waals surface area contributed by atoms with Crippen molar-refractivity contribution >= 4 is 17.4 Å². The monoisotopic (exact) mass is 248 g/mol. The molecule has 0 bridgehead atoms. The molecule has 1 aromatic heterocycles. The molecule has 18 heavy (non-hydrogen) atoms. The Morgan fingerprint density at radius 3 is 3.00 bits per heavy atom. The molecule has 0 saturated heterocycles. The summed E-state index contributed by atoms with van der Waals surface area (Å²) in [5.41, 5.74) is 6.96. The highest BCUT2D eigenvalue weighted by Crippen LogP contribution is 2.13. The number of methoxy groups -OCH3 is 1. The van der Waals surface area contributed by atoms with Gasteiger partial charge in [0.05, 0.1) is 6.61 Å². The van der Waals surface area contributed by atoms with Crippen LogP contribution in [-0.2, 0) is 11.3 Å². The minimum absolute atomic E-state index is 0.0351. The zero-order valence-corrected chi connectivity index (χ0v) is 9.71. The first kappa shape index (κ1) is 12.1. The van der Waals surface area contributed by atoms with Gasteiger partial charge in [-0.2, -0.15) is 0 Å². The van der Waals surface area contributed by atoms with E-state index in [9.17, 15) is 4.79 Å². The Balaban J connectivity index is 2.12. The summed E-state index contributed by atoms with van der Waals surface area (Å²) in [6.07, 6.45) is 0. The SMILES string of the molecule is COCc1cccc(NC(=O)c2nonc2N)c1. The van der Waals surface area contributed by atoms with Crippen molar-refractivity contribution in [3.05, 3.63) is 35.5 Å². The number of hydrogen-bond donors (Lipinski definition) is 2. The normalized spacial score (nSPS) is 10.3. The van der Waals surface area contributed by atoms with Gasteiger partial charge < -0.3 is 15.8 Å². The molecule has 0 fully saturated rings. The molecule has 1 heterocycles. The molecule has 0 spiro atoms. The summed E-state index contributed by atoms with van der Waals surface area (Å²) in [7, 11) is 1.60. The first-order valence-corrected chi connectivity index (χ1v) is 5.18. The van der Waals surface area contributed by atoms with Crippen LogP contribution < -0.4 is 11.1 Å². The van der Waals surface area contributed by atoms with Crippen LogP contribution in [0.5, 0.6) is 0 Å². The minimum Gasteiger partial charge on any atom is -0.380 e. The molecule has 2 aromatic rings. The lowest BCUT2D eigenvalue weighted by Gasteiger charge is -2.05. The zero-order chi connectivity index (χ0) is 13.0. The quantitative estimate of drug-likeness (QED) is 0.838. The number of nitrogens with two attached hydrogens (primary N) is 1. The van der Waals surface area contributed by atoms with Crippen molar-refractivity contribution in [3.8, 4) is 0 Å². The Morgan fingerprint density at radius 2 is 2.33 bits per heavy atom. The molecule has 0 atom stereocenters. The van der Waals surface area contributed by atoms with Crippen LogP contribution in [-0.4, -0.2) is 23.3 Å². The average molecular weight is 248 g/mol. The van der Waals surface area contributed by atoms with E-state index >= 15 is 0 Å². The number of aromatic nitrogens is 2. The maximum atomic E-state index is 11.8. The van der Waals surface area contributed by atoms with Gasteiger partial charge in [-0.05, 0) is 28.0 Å². The molecule has 0 radical (unpaired) electrons. The minimum atomic E-state index is -0.469. The molecular weight excluding hydrogens is 236 g/mol. The van der Waals surface area contributed by atoms with Gasteiger partial charge in [0, 0.05) is 12.8 Å². The van der Waals surface area contributed by atoms with Gasteiger partial charge in [0.25, 0.3) is 5.91 Å². The second-order valence-electron chi connectivity index (χ2n) is 3.59. The van der Waals surface area contributed by atoms with Crippen molar-refractivity contribution in [1.29, 1.82) is 0 Å². The third-order valence-corrected chi connectivity index (χ3v) is 2.22. The van der Waals surface area contributed by atoms with Gasteiger partial charge in [-0.3, -0.25) is 4.79 Å². The molecule has 2 rings (SSSR count). The lowest BCUT2D eigenvalue weighted by atomic mass is 10.2. The van der Waals surface area contributed by atoms with Crippen LogP contribution in [0.1, 0.15) is 16.1 Å².